The van der Waals surface area contributed by atoms with Crippen molar-refractivity contribution in [2.45, 2.75) is 103 Å². The monoisotopic (exact) mass is 719 g/mol. The van der Waals surface area contributed by atoms with Crippen LogP contribution in [0.4, 0.5) is 0 Å². The molecule has 0 aliphatic carbocycles. The number of benzene rings is 2. The van der Waals surface area contributed by atoms with E-state index in [9.17, 15) is 24.0 Å². The van der Waals surface area contributed by atoms with Crippen LogP contribution in [0.25, 0.3) is 0 Å². The first kappa shape index (κ1) is 40.6. The van der Waals surface area contributed by atoms with Crippen LogP contribution in [0.1, 0.15) is 65.0 Å². The van der Waals surface area contributed by atoms with Crippen molar-refractivity contribution in [3.05, 3.63) is 71.8 Å². The molecule has 2 fully saturated rings. The Labute approximate surface area is 308 Å². The topological polar surface area (TPSA) is 158 Å². The van der Waals surface area contributed by atoms with Gasteiger partial charge in [0.25, 0.3) is 0 Å². The lowest BCUT2D eigenvalue weighted by molar-refractivity contribution is -0.135. The largest absolute Gasteiger partial charge is 0.379 e. The molecule has 12 nitrogen and oxygen atoms in total. The van der Waals surface area contributed by atoms with Gasteiger partial charge in [-0.25, -0.2) is 0 Å². The quantitative estimate of drug-likeness (QED) is 0.152. The van der Waals surface area contributed by atoms with Gasteiger partial charge in [0, 0.05) is 19.5 Å². The maximum absolute atomic E-state index is 14.1. The smallest absolute Gasteiger partial charge is 0.243 e. The van der Waals surface area contributed by atoms with Crippen LogP contribution in [-0.2, 0) is 46.3 Å². The minimum Gasteiger partial charge on any atom is -0.379 e. The average molecular weight is 720 g/mol. The Morgan fingerprint density at radius 1 is 0.692 bits per heavy atom. The predicted molar refractivity (Wildman–Crippen MR) is 198 cm³/mol. The number of Topliss-reactive ketones (excluding diaryl/α,β-unsaturated/α-hetero) is 1. The van der Waals surface area contributed by atoms with E-state index in [1.165, 1.54) is 0 Å². The summed E-state index contributed by atoms with van der Waals surface area (Å²) in [5.74, 6) is -1.81. The number of ether oxygens (including phenoxy) is 2. The molecule has 2 aliphatic rings. The third-order valence-electron chi connectivity index (χ3n) is 9.30. The lowest BCUT2D eigenvalue weighted by Gasteiger charge is -2.28. The highest BCUT2D eigenvalue weighted by molar-refractivity contribution is 5.97. The molecule has 0 radical (unpaired) electrons. The molecular weight excluding hydrogens is 662 g/mol. The van der Waals surface area contributed by atoms with E-state index in [-0.39, 0.29) is 42.6 Å². The van der Waals surface area contributed by atoms with Crippen LogP contribution < -0.4 is 21.3 Å². The predicted octanol–water partition coefficient (Wildman–Crippen LogP) is 2.58. The van der Waals surface area contributed by atoms with Gasteiger partial charge in [-0.3, -0.25) is 28.9 Å². The second-order valence-electron chi connectivity index (χ2n) is 14.8. The Hall–Kier alpha value is -4.13. The zero-order chi connectivity index (χ0) is 37.6. The van der Waals surface area contributed by atoms with Crippen LogP contribution in [0.5, 0.6) is 0 Å². The Kier molecular flexibility index (Phi) is 15.8. The van der Waals surface area contributed by atoms with E-state index in [2.05, 4.69) is 21.3 Å². The van der Waals surface area contributed by atoms with E-state index in [0.717, 1.165) is 11.1 Å². The van der Waals surface area contributed by atoms with Gasteiger partial charge >= 0.3 is 0 Å². The molecule has 284 valence electrons. The summed E-state index contributed by atoms with van der Waals surface area (Å²) < 4.78 is 10.8. The highest BCUT2D eigenvalue weighted by Crippen LogP contribution is 2.25. The summed E-state index contributed by atoms with van der Waals surface area (Å²) in [4.78, 5) is 70.3. The molecule has 6 atom stereocenters. The number of morpholine rings is 1. The molecule has 4 N–H and O–H groups in total. The summed E-state index contributed by atoms with van der Waals surface area (Å²) in [6.45, 7) is 12.1. The van der Waals surface area contributed by atoms with Crippen molar-refractivity contribution in [3.63, 3.8) is 0 Å². The minimum absolute atomic E-state index is 0.0182. The number of aryl methyl sites for hydroxylation is 1. The molecule has 0 spiro atoms. The second-order valence-corrected chi connectivity index (χ2v) is 14.8. The summed E-state index contributed by atoms with van der Waals surface area (Å²) in [5, 5.41) is 11.6. The van der Waals surface area contributed by atoms with E-state index >= 15 is 0 Å². The van der Waals surface area contributed by atoms with Crippen molar-refractivity contribution in [3.8, 4) is 0 Å². The SMILES string of the molecule is CC(C)C[C@H](NC(=O)[C@H](CCc1ccccc1)NC(=O)CN1CCOCC1)C(=O)N[C@H](Cc1ccccc1)C(=O)N[C@H](CC(C)C)C(=O)C1O[C@@H]1C. The number of rotatable bonds is 20. The minimum atomic E-state index is -1.02. The van der Waals surface area contributed by atoms with Crippen LogP contribution >= 0.6 is 0 Å². The third kappa shape index (κ3) is 13.4. The molecular formula is C40H57N5O7. The zero-order valence-electron chi connectivity index (χ0n) is 31.3. The van der Waals surface area contributed by atoms with E-state index in [1.807, 2.05) is 100 Å². The molecule has 0 saturated carbocycles. The molecule has 1 unspecified atom stereocenters. The van der Waals surface area contributed by atoms with E-state index in [0.29, 0.717) is 52.0 Å². The van der Waals surface area contributed by atoms with Crippen LogP contribution in [0.15, 0.2) is 60.7 Å². The van der Waals surface area contributed by atoms with E-state index < -0.39 is 48.0 Å². The van der Waals surface area contributed by atoms with Gasteiger partial charge in [0.05, 0.1) is 31.9 Å². The zero-order valence-corrected chi connectivity index (χ0v) is 31.3. The first-order chi connectivity index (χ1) is 24.9. The first-order valence-electron chi connectivity index (χ1n) is 18.7. The first-order valence-corrected chi connectivity index (χ1v) is 18.7. The Balaban J connectivity index is 1.50. The number of amides is 4. The summed E-state index contributed by atoms with van der Waals surface area (Å²) in [7, 11) is 0. The fourth-order valence-corrected chi connectivity index (χ4v) is 6.41. The highest BCUT2D eigenvalue weighted by atomic mass is 16.6. The molecule has 2 aromatic carbocycles. The second kappa shape index (κ2) is 20.2. The lowest BCUT2D eigenvalue weighted by Crippen LogP contribution is -2.59. The normalized spacial score (nSPS) is 19.6. The average Bonchev–Trinajstić information content (AvgIpc) is 3.85. The number of carbonyl (C=O) groups excluding carboxylic acids is 5. The molecule has 2 aromatic rings. The van der Waals surface area contributed by atoms with Crippen LogP contribution in [0.2, 0.25) is 0 Å². The van der Waals surface area contributed by atoms with Crippen LogP contribution in [-0.4, -0.2) is 104 Å². The van der Waals surface area contributed by atoms with Crippen molar-refractivity contribution < 1.29 is 33.4 Å². The summed E-state index contributed by atoms with van der Waals surface area (Å²) in [6.07, 6.45) is 1.02. The van der Waals surface area contributed by atoms with Crippen molar-refractivity contribution in [1.82, 2.24) is 26.2 Å². The maximum Gasteiger partial charge on any atom is 0.243 e. The van der Waals surface area contributed by atoms with Crippen molar-refractivity contribution >= 4 is 29.4 Å². The number of hydrogen-bond acceptors (Lipinski definition) is 8. The molecule has 52 heavy (non-hydrogen) atoms. The van der Waals surface area contributed by atoms with Crippen molar-refractivity contribution in [2.24, 2.45) is 11.8 Å². The standard InChI is InChI=1S/C40H57N5O7/c1-26(2)22-32(36(47)37-28(5)52-37)42-40(50)34(24-30-14-10-7-11-15-30)44-39(49)33(23-27(3)4)43-38(48)31(17-16-29-12-8-6-9-13-29)41-35(46)25-45-18-20-51-21-19-45/h6-15,26-28,31-34,37H,16-25H2,1-5H3,(H,41,46)(H,42,50)(H,43,48)(H,44,49)/t28-,31+,32-,33+,34-,37?/m1/s1. The number of hydrogen-bond donors (Lipinski definition) is 4. The van der Waals surface area contributed by atoms with Gasteiger partial charge in [-0.2, -0.15) is 0 Å². The Bertz CT molecular complexity index is 1470. The van der Waals surface area contributed by atoms with Gasteiger partial charge in [0.1, 0.15) is 24.2 Å². The summed E-state index contributed by atoms with van der Waals surface area (Å²) in [6, 6.07) is 15.3. The fraction of sp³-hybridized carbons (Fsp3) is 0.575. The number of nitrogens with zero attached hydrogens (tertiary/aromatic N) is 1. The molecule has 0 bridgehead atoms. The summed E-state index contributed by atoms with van der Waals surface area (Å²) in [5.41, 5.74) is 1.84. The van der Waals surface area contributed by atoms with Gasteiger partial charge < -0.3 is 30.7 Å². The fourth-order valence-electron chi connectivity index (χ4n) is 6.41. The van der Waals surface area contributed by atoms with Crippen LogP contribution in [0, 0.1) is 11.8 Å². The molecule has 4 rings (SSSR count). The number of nitrogens with one attached hydrogen (secondary N) is 4. The van der Waals surface area contributed by atoms with Gasteiger partial charge in [-0.1, -0.05) is 88.4 Å². The van der Waals surface area contributed by atoms with Gasteiger partial charge in [0.15, 0.2) is 5.78 Å². The van der Waals surface area contributed by atoms with Crippen molar-refractivity contribution in [1.29, 1.82) is 0 Å². The van der Waals surface area contributed by atoms with Gasteiger partial charge in [0.2, 0.25) is 23.6 Å². The molecule has 0 aromatic heterocycles. The molecule has 2 aliphatic heterocycles. The number of epoxide rings is 1. The van der Waals surface area contributed by atoms with E-state index in [1.54, 1.807) is 0 Å². The summed E-state index contributed by atoms with van der Waals surface area (Å²) >= 11 is 0. The molecule has 12 heteroatoms. The molecule has 2 saturated heterocycles. The highest BCUT2D eigenvalue weighted by Gasteiger charge is 2.45. The Morgan fingerprint density at radius 3 is 1.77 bits per heavy atom. The lowest BCUT2D eigenvalue weighted by atomic mass is 9.96. The molecule has 2 heterocycles. The van der Waals surface area contributed by atoms with Crippen molar-refractivity contribution in [2.75, 3.05) is 32.8 Å². The maximum atomic E-state index is 14.1. The van der Waals surface area contributed by atoms with E-state index in [4.69, 9.17) is 9.47 Å². The third-order valence-corrected chi connectivity index (χ3v) is 9.30. The van der Waals surface area contributed by atoms with Gasteiger partial charge in [-0.05, 0) is 55.6 Å². The number of ketones is 1. The molecule has 4 amide bonds. The Morgan fingerprint density at radius 2 is 1.19 bits per heavy atom. The van der Waals surface area contributed by atoms with Crippen LogP contribution in [0.3, 0.4) is 0 Å². The number of carbonyl (C=O) groups is 5. The van der Waals surface area contributed by atoms with Gasteiger partial charge in [-0.15, -0.1) is 0 Å².